The van der Waals surface area contributed by atoms with Gasteiger partial charge in [-0.25, -0.2) is 0 Å². The first-order chi connectivity index (χ1) is 5.91. The highest BCUT2D eigenvalue weighted by Gasteiger charge is 2.43. The van der Waals surface area contributed by atoms with E-state index >= 15 is 0 Å². The third-order valence-electron chi connectivity index (χ3n) is 2.59. The largest absolute Gasteiger partial charge is 0.450 e. The summed E-state index contributed by atoms with van der Waals surface area (Å²) in [4.78, 5) is 10.8. The van der Waals surface area contributed by atoms with Gasteiger partial charge in [-0.3, -0.25) is 4.79 Å². The van der Waals surface area contributed by atoms with Crippen molar-refractivity contribution in [1.29, 1.82) is 0 Å². The maximum Gasteiger partial charge on any atom is 0.450 e. The number of hydrogen-bond acceptors (Lipinski definition) is 1. The van der Waals surface area contributed by atoms with Crippen LogP contribution in [0.3, 0.4) is 0 Å². The number of halogens is 3. The Bertz CT molecular complexity index is 198. The Labute approximate surface area is 75.3 Å². The second kappa shape index (κ2) is 3.68. The standard InChI is InChI=1S/C9H13F3O/c1-6-3-2-4-7(5-6)8(13)9(10,11)12/h6-7H,2-5H2,1H3. The fourth-order valence-corrected chi connectivity index (χ4v) is 1.90. The monoisotopic (exact) mass is 194 g/mol. The zero-order valence-corrected chi connectivity index (χ0v) is 7.53. The van der Waals surface area contributed by atoms with Crippen LogP contribution in [0.25, 0.3) is 0 Å². The van der Waals surface area contributed by atoms with Crippen molar-refractivity contribution in [3.05, 3.63) is 0 Å². The first kappa shape index (κ1) is 10.5. The molecule has 1 fully saturated rings. The zero-order valence-electron chi connectivity index (χ0n) is 7.53. The predicted octanol–water partition coefficient (Wildman–Crippen LogP) is 2.94. The Hall–Kier alpha value is -0.540. The van der Waals surface area contributed by atoms with Crippen molar-refractivity contribution in [2.75, 3.05) is 0 Å². The summed E-state index contributed by atoms with van der Waals surface area (Å²) >= 11 is 0. The van der Waals surface area contributed by atoms with Crippen LogP contribution in [0.4, 0.5) is 13.2 Å². The minimum Gasteiger partial charge on any atom is -0.289 e. The van der Waals surface area contributed by atoms with Crippen molar-refractivity contribution >= 4 is 5.78 Å². The Kier molecular flexibility index (Phi) is 2.98. The molecule has 0 aromatic rings. The second-order valence-electron chi connectivity index (χ2n) is 3.83. The van der Waals surface area contributed by atoms with E-state index in [1.165, 1.54) is 0 Å². The highest BCUT2D eigenvalue weighted by atomic mass is 19.4. The maximum atomic E-state index is 12.0. The van der Waals surface area contributed by atoms with E-state index in [0.717, 1.165) is 12.8 Å². The number of carbonyl (C=O) groups excluding carboxylic acids is 1. The van der Waals surface area contributed by atoms with E-state index in [9.17, 15) is 18.0 Å². The van der Waals surface area contributed by atoms with Crippen LogP contribution < -0.4 is 0 Å². The van der Waals surface area contributed by atoms with Gasteiger partial charge in [-0.15, -0.1) is 0 Å². The third kappa shape index (κ3) is 2.71. The summed E-state index contributed by atoms with van der Waals surface area (Å²) in [5.41, 5.74) is 0. The average Bonchev–Trinajstić information content (AvgIpc) is 2.01. The van der Waals surface area contributed by atoms with Gasteiger partial charge in [0.2, 0.25) is 5.78 Å². The first-order valence-corrected chi connectivity index (χ1v) is 4.52. The summed E-state index contributed by atoms with van der Waals surface area (Å²) in [6, 6.07) is 0. The Morgan fingerprint density at radius 3 is 2.38 bits per heavy atom. The normalized spacial score (nSPS) is 30.2. The van der Waals surface area contributed by atoms with Crippen molar-refractivity contribution in [2.24, 2.45) is 11.8 Å². The molecule has 1 rings (SSSR count). The van der Waals surface area contributed by atoms with E-state index < -0.39 is 17.9 Å². The SMILES string of the molecule is CC1CCCC(C(=O)C(F)(F)F)C1. The molecule has 0 aromatic carbocycles. The minimum absolute atomic E-state index is 0.255. The Balaban J connectivity index is 2.56. The second-order valence-corrected chi connectivity index (χ2v) is 3.83. The van der Waals surface area contributed by atoms with E-state index in [4.69, 9.17) is 0 Å². The lowest BCUT2D eigenvalue weighted by Crippen LogP contribution is -2.33. The molecule has 0 bridgehead atoms. The number of carbonyl (C=O) groups is 1. The molecule has 13 heavy (non-hydrogen) atoms. The van der Waals surface area contributed by atoms with Gasteiger partial charge in [-0.1, -0.05) is 19.8 Å². The summed E-state index contributed by atoms with van der Waals surface area (Å²) in [5.74, 6) is -2.05. The quantitative estimate of drug-likeness (QED) is 0.627. The van der Waals surface area contributed by atoms with Crippen molar-refractivity contribution in [1.82, 2.24) is 0 Å². The van der Waals surface area contributed by atoms with Gasteiger partial charge in [0, 0.05) is 5.92 Å². The molecule has 2 atom stereocenters. The molecule has 1 aliphatic carbocycles. The lowest BCUT2D eigenvalue weighted by atomic mass is 9.80. The molecule has 76 valence electrons. The molecular weight excluding hydrogens is 181 g/mol. The van der Waals surface area contributed by atoms with Gasteiger partial charge in [0.15, 0.2) is 0 Å². The topological polar surface area (TPSA) is 17.1 Å². The highest BCUT2D eigenvalue weighted by Crippen LogP contribution is 2.33. The van der Waals surface area contributed by atoms with Crippen LogP contribution in [0.1, 0.15) is 32.6 Å². The van der Waals surface area contributed by atoms with E-state index in [0.29, 0.717) is 12.8 Å². The minimum atomic E-state index is -4.64. The molecule has 1 nitrogen and oxygen atoms in total. The van der Waals surface area contributed by atoms with E-state index in [-0.39, 0.29) is 5.92 Å². The molecule has 0 saturated heterocycles. The molecule has 0 spiro atoms. The summed E-state index contributed by atoms with van der Waals surface area (Å²) in [6.45, 7) is 1.90. The predicted molar refractivity (Wildman–Crippen MR) is 42.2 cm³/mol. The van der Waals surface area contributed by atoms with Gasteiger partial charge in [-0.2, -0.15) is 13.2 Å². The summed E-state index contributed by atoms with van der Waals surface area (Å²) in [7, 11) is 0. The molecular formula is C9H13F3O. The number of ketones is 1. The molecule has 1 saturated carbocycles. The molecule has 4 heteroatoms. The van der Waals surface area contributed by atoms with Crippen LogP contribution in [-0.2, 0) is 4.79 Å². The van der Waals surface area contributed by atoms with Crippen LogP contribution in [-0.4, -0.2) is 12.0 Å². The van der Waals surface area contributed by atoms with Crippen molar-refractivity contribution in [3.8, 4) is 0 Å². The number of rotatable bonds is 1. The molecule has 0 aliphatic heterocycles. The van der Waals surface area contributed by atoms with Gasteiger partial charge >= 0.3 is 6.18 Å². The Morgan fingerprint density at radius 1 is 1.31 bits per heavy atom. The van der Waals surface area contributed by atoms with Crippen LogP contribution in [0.2, 0.25) is 0 Å². The molecule has 2 unspecified atom stereocenters. The van der Waals surface area contributed by atoms with E-state index in [1.807, 2.05) is 6.92 Å². The van der Waals surface area contributed by atoms with Gasteiger partial charge in [-0.05, 0) is 18.8 Å². The average molecular weight is 194 g/mol. The molecule has 0 aromatic heterocycles. The number of hydrogen-bond donors (Lipinski definition) is 0. The van der Waals surface area contributed by atoms with Gasteiger partial charge in [0.05, 0.1) is 0 Å². The first-order valence-electron chi connectivity index (χ1n) is 4.52. The molecule has 0 N–H and O–H groups in total. The molecule has 1 aliphatic rings. The van der Waals surface area contributed by atoms with Crippen LogP contribution in [0.5, 0.6) is 0 Å². The van der Waals surface area contributed by atoms with Crippen molar-refractivity contribution in [3.63, 3.8) is 0 Å². The van der Waals surface area contributed by atoms with Crippen LogP contribution >= 0.6 is 0 Å². The smallest absolute Gasteiger partial charge is 0.289 e. The highest BCUT2D eigenvalue weighted by molar-refractivity contribution is 5.86. The van der Waals surface area contributed by atoms with Crippen molar-refractivity contribution in [2.45, 2.75) is 38.8 Å². The Morgan fingerprint density at radius 2 is 1.92 bits per heavy atom. The van der Waals surface area contributed by atoms with E-state index in [2.05, 4.69) is 0 Å². The molecule has 0 radical (unpaired) electrons. The van der Waals surface area contributed by atoms with Gasteiger partial charge < -0.3 is 0 Å². The number of alkyl halides is 3. The van der Waals surface area contributed by atoms with Crippen molar-refractivity contribution < 1.29 is 18.0 Å². The fraction of sp³-hybridized carbons (Fsp3) is 0.889. The van der Waals surface area contributed by atoms with Gasteiger partial charge in [0.1, 0.15) is 0 Å². The maximum absolute atomic E-state index is 12.0. The summed E-state index contributed by atoms with van der Waals surface area (Å²) in [5, 5.41) is 0. The van der Waals surface area contributed by atoms with E-state index in [1.54, 1.807) is 0 Å². The third-order valence-corrected chi connectivity index (χ3v) is 2.59. The summed E-state index contributed by atoms with van der Waals surface area (Å²) in [6.07, 6.45) is -2.14. The molecule has 0 amide bonds. The summed E-state index contributed by atoms with van der Waals surface area (Å²) < 4.78 is 36.0. The zero-order chi connectivity index (χ0) is 10.1. The molecule has 0 heterocycles. The lowest BCUT2D eigenvalue weighted by Gasteiger charge is -2.25. The van der Waals surface area contributed by atoms with Gasteiger partial charge in [0.25, 0.3) is 0 Å². The number of Topliss-reactive ketones (excluding diaryl/α,β-unsaturated/α-hetero) is 1. The lowest BCUT2D eigenvalue weighted by molar-refractivity contribution is -0.177. The van der Waals surface area contributed by atoms with Crippen LogP contribution in [0, 0.1) is 11.8 Å². The van der Waals surface area contributed by atoms with Crippen LogP contribution in [0.15, 0.2) is 0 Å². The fourth-order valence-electron chi connectivity index (χ4n) is 1.90.